The molecule has 3 rings (SSSR count). The van der Waals surface area contributed by atoms with E-state index in [-0.39, 0.29) is 0 Å². The highest BCUT2D eigenvalue weighted by atomic mass is 79.9. The van der Waals surface area contributed by atoms with E-state index in [1.165, 1.54) is 18.4 Å². The molecule has 0 saturated heterocycles. The van der Waals surface area contributed by atoms with Crippen molar-refractivity contribution in [2.24, 2.45) is 0 Å². The quantitative estimate of drug-likeness (QED) is 0.831. The molecular weight excluding hydrogens is 330 g/mol. The van der Waals surface area contributed by atoms with Gasteiger partial charge in [0.05, 0.1) is 18.2 Å². The SMILES string of the molecule is CCn1cncc1COc1ccc(Br)c(CNC2CC2)c1. The van der Waals surface area contributed by atoms with E-state index in [1.807, 2.05) is 18.6 Å². The second-order valence-corrected chi connectivity index (χ2v) is 6.22. The Morgan fingerprint density at radius 3 is 3.05 bits per heavy atom. The number of imidazole rings is 1. The minimum atomic E-state index is 0.547. The summed E-state index contributed by atoms with van der Waals surface area (Å²) in [6.07, 6.45) is 6.30. The van der Waals surface area contributed by atoms with Crippen molar-refractivity contribution in [3.8, 4) is 5.75 Å². The number of aromatic nitrogens is 2. The van der Waals surface area contributed by atoms with Gasteiger partial charge in [-0.05, 0) is 43.5 Å². The number of hydrogen-bond donors (Lipinski definition) is 1. The zero-order valence-corrected chi connectivity index (χ0v) is 13.8. The molecule has 0 amide bonds. The van der Waals surface area contributed by atoms with Crippen LogP contribution in [0.5, 0.6) is 5.75 Å². The molecule has 1 aliphatic carbocycles. The minimum Gasteiger partial charge on any atom is -0.487 e. The van der Waals surface area contributed by atoms with E-state index in [9.17, 15) is 0 Å². The lowest BCUT2D eigenvalue weighted by molar-refractivity contribution is 0.295. The second-order valence-electron chi connectivity index (χ2n) is 5.37. The van der Waals surface area contributed by atoms with Gasteiger partial charge in [-0.3, -0.25) is 0 Å². The van der Waals surface area contributed by atoms with Gasteiger partial charge in [-0.15, -0.1) is 0 Å². The third-order valence-corrected chi connectivity index (χ3v) is 4.48. The Kier molecular flexibility index (Phi) is 4.60. The molecule has 0 unspecified atom stereocenters. The summed E-state index contributed by atoms with van der Waals surface area (Å²) in [5, 5.41) is 3.53. The van der Waals surface area contributed by atoms with Gasteiger partial charge in [0.2, 0.25) is 0 Å². The summed E-state index contributed by atoms with van der Waals surface area (Å²) >= 11 is 3.60. The van der Waals surface area contributed by atoms with E-state index < -0.39 is 0 Å². The van der Waals surface area contributed by atoms with Gasteiger partial charge < -0.3 is 14.6 Å². The molecule has 1 saturated carbocycles. The monoisotopic (exact) mass is 349 g/mol. The fraction of sp³-hybridized carbons (Fsp3) is 0.438. The molecule has 0 aliphatic heterocycles. The van der Waals surface area contributed by atoms with E-state index in [0.29, 0.717) is 12.6 Å². The first-order valence-electron chi connectivity index (χ1n) is 7.40. The summed E-state index contributed by atoms with van der Waals surface area (Å²) < 4.78 is 9.12. The van der Waals surface area contributed by atoms with Crippen molar-refractivity contribution in [3.05, 3.63) is 46.5 Å². The van der Waals surface area contributed by atoms with Crippen LogP contribution in [-0.2, 0) is 19.7 Å². The summed E-state index contributed by atoms with van der Waals surface area (Å²) in [6, 6.07) is 6.86. The fourth-order valence-corrected chi connectivity index (χ4v) is 2.62. The molecule has 4 nitrogen and oxygen atoms in total. The fourth-order valence-electron chi connectivity index (χ4n) is 2.23. The molecule has 1 aromatic carbocycles. The summed E-state index contributed by atoms with van der Waals surface area (Å²) in [6.45, 7) is 4.45. The lowest BCUT2D eigenvalue weighted by Gasteiger charge is -2.11. The Bertz CT molecular complexity index is 607. The normalized spacial score (nSPS) is 14.4. The first kappa shape index (κ1) is 14.6. The molecule has 1 fully saturated rings. The summed E-state index contributed by atoms with van der Waals surface area (Å²) in [5.74, 6) is 0.898. The number of benzene rings is 1. The Balaban J connectivity index is 1.63. The zero-order chi connectivity index (χ0) is 14.7. The molecule has 1 aromatic heterocycles. The minimum absolute atomic E-state index is 0.547. The van der Waals surface area contributed by atoms with Crippen LogP contribution < -0.4 is 10.1 Å². The van der Waals surface area contributed by atoms with Crippen molar-refractivity contribution in [1.82, 2.24) is 14.9 Å². The number of nitrogens with zero attached hydrogens (tertiary/aromatic N) is 2. The summed E-state index contributed by atoms with van der Waals surface area (Å²) in [5.41, 5.74) is 2.33. The van der Waals surface area contributed by atoms with Crippen molar-refractivity contribution >= 4 is 15.9 Å². The number of nitrogens with one attached hydrogen (secondary N) is 1. The highest BCUT2D eigenvalue weighted by Crippen LogP contribution is 2.25. The molecular formula is C16H20BrN3O. The van der Waals surface area contributed by atoms with Gasteiger partial charge >= 0.3 is 0 Å². The maximum absolute atomic E-state index is 5.90. The van der Waals surface area contributed by atoms with Crippen molar-refractivity contribution in [2.75, 3.05) is 0 Å². The Morgan fingerprint density at radius 2 is 2.29 bits per heavy atom. The Labute approximate surface area is 133 Å². The van der Waals surface area contributed by atoms with E-state index in [1.54, 1.807) is 0 Å². The van der Waals surface area contributed by atoms with Crippen LogP contribution in [0.2, 0.25) is 0 Å². The molecule has 0 bridgehead atoms. The molecule has 1 heterocycles. The van der Waals surface area contributed by atoms with Gasteiger partial charge in [0, 0.05) is 23.6 Å². The number of aryl methyl sites for hydroxylation is 1. The molecule has 21 heavy (non-hydrogen) atoms. The van der Waals surface area contributed by atoms with Crippen molar-refractivity contribution in [2.45, 2.75) is 45.5 Å². The van der Waals surface area contributed by atoms with E-state index in [4.69, 9.17) is 4.74 Å². The van der Waals surface area contributed by atoms with Crippen LogP contribution in [0.25, 0.3) is 0 Å². The van der Waals surface area contributed by atoms with Gasteiger partial charge in [0.15, 0.2) is 0 Å². The van der Waals surface area contributed by atoms with Crippen molar-refractivity contribution in [3.63, 3.8) is 0 Å². The number of rotatable bonds is 7. The average Bonchev–Trinajstić information content (AvgIpc) is 3.21. The standard InChI is InChI=1S/C16H20BrN3O/c1-2-20-11-18-9-14(20)10-21-15-5-6-16(17)12(7-15)8-19-13-3-4-13/h5-7,9,11,13,19H,2-4,8,10H2,1H3. The predicted octanol–water partition coefficient (Wildman–Crippen LogP) is 3.50. The van der Waals surface area contributed by atoms with E-state index in [0.717, 1.165) is 29.0 Å². The lowest BCUT2D eigenvalue weighted by Crippen LogP contribution is -2.15. The number of ether oxygens (including phenoxy) is 1. The van der Waals surface area contributed by atoms with Gasteiger partial charge in [-0.1, -0.05) is 15.9 Å². The molecule has 0 atom stereocenters. The first-order chi connectivity index (χ1) is 10.3. The lowest BCUT2D eigenvalue weighted by atomic mass is 10.2. The topological polar surface area (TPSA) is 39.1 Å². The second kappa shape index (κ2) is 6.62. The maximum Gasteiger partial charge on any atom is 0.130 e. The van der Waals surface area contributed by atoms with Crippen LogP contribution in [0.4, 0.5) is 0 Å². The largest absolute Gasteiger partial charge is 0.487 e. The van der Waals surface area contributed by atoms with Gasteiger partial charge in [-0.2, -0.15) is 0 Å². The molecule has 1 aliphatic rings. The van der Waals surface area contributed by atoms with Crippen molar-refractivity contribution in [1.29, 1.82) is 0 Å². The molecule has 0 radical (unpaired) electrons. The zero-order valence-electron chi connectivity index (χ0n) is 12.2. The third-order valence-electron chi connectivity index (χ3n) is 3.70. The van der Waals surface area contributed by atoms with Crippen LogP contribution in [0.1, 0.15) is 31.0 Å². The highest BCUT2D eigenvalue weighted by Gasteiger charge is 2.20. The van der Waals surface area contributed by atoms with E-state index >= 15 is 0 Å². The van der Waals surface area contributed by atoms with Crippen LogP contribution >= 0.6 is 15.9 Å². The van der Waals surface area contributed by atoms with Crippen LogP contribution in [0.15, 0.2) is 35.2 Å². The maximum atomic E-state index is 5.90. The molecule has 5 heteroatoms. The van der Waals surface area contributed by atoms with Crippen LogP contribution in [-0.4, -0.2) is 15.6 Å². The average molecular weight is 350 g/mol. The summed E-state index contributed by atoms with van der Waals surface area (Å²) in [7, 11) is 0. The predicted molar refractivity (Wildman–Crippen MR) is 86.2 cm³/mol. The van der Waals surface area contributed by atoms with Crippen LogP contribution in [0, 0.1) is 0 Å². The Morgan fingerprint density at radius 1 is 1.43 bits per heavy atom. The molecule has 112 valence electrons. The highest BCUT2D eigenvalue weighted by molar-refractivity contribution is 9.10. The van der Waals surface area contributed by atoms with E-state index in [2.05, 4.69) is 49.9 Å². The molecule has 2 aromatic rings. The van der Waals surface area contributed by atoms with Gasteiger partial charge in [0.1, 0.15) is 12.4 Å². The van der Waals surface area contributed by atoms with Gasteiger partial charge in [-0.25, -0.2) is 4.98 Å². The first-order valence-corrected chi connectivity index (χ1v) is 8.19. The number of halogens is 1. The van der Waals surface area contributed by atoms with Crippen molar-refractivity contribution < 1.29 is 4.74 Å². The summed E-state index contributed by atoms with van der Waals surface area (Å²) in [4.78, 5) is 4.16. The van der Waals surface area contributed by atoms with Gasteiger partial charge in [0.25, 0.3) is 0 Å². The molecule has 0 spiro atoms. The smallest absolute Gasteiger partial charge is 0.130 e. The number of hydrogen-bond acceptors (Lipinski definition) is 3. The molecule has 1 N–H and O–H groups in total. The Hall–Kier alpha value is -1.33. The van der Waals surface area contributed by atoms with Crippen LogP contribution in [0.3, 0.4) is 0 Å². The third kappa shape index (κ3) is 3.86.